The minimum atomic E-state index is -0.150. The van der Waals surface area contributed by atoms with Gasteiger partial charge in [-0.25, -0.2) is 4.98 Å². The summed E-state index contributed by atoms with van der Waals surface area (Å²) in [5.41, 5.74) is 4.50. The maximum atomic E-state index is 13.4. The fourth-order valence-electron chi connectivity index (χ4n) is 3.66. The number of carbonyl (C=O) groups excluding carboxylic acids is 1. The zero-order valence-electron chi connectivity index (χ0n) is 19.3. The van der Waals surface area contributed by atoms with Gasteiger partial charge < -0.3 is 10.1 Å². The summed E-state index contributed by atoms with van der Waals surface area (Å²) in [6, 6.07) is 23.1. The molecule has 0 bridgehead atoms. The molecule has 0 aliphatic carbocycles. The molecule has 7 heteroatoms. The van der Waals surface area contributed by atoms with Crippen LogP contribution in [0.4, 0.5) is 0 Å². The van der Waals surface area contributed by atoms with Gasteiger partial charge in [0.25, 0.3) is 11.5 Å². The molecule has 174 valence electrons. The van der Waals surface area contributed by atoms with E-state index >= 15 is 0 Å². The first-order valence-corrected chi connectivity index (χ1v) is 12.1. The van der Waals surface area contributed by atoms with Gasteiger partial charge in [-0.05, 0) is 42.3 Å². The molecule has 4 rings (SSSR count). The number of aryl methyl sites for hydroxylation is 1. The molecule has 0 aliphatic rings. The topological polar surface area (TPSA) is 73.2 Å². The lowest BCUT2D eigenvalue weighted by Crippen LogP contribution is -2.27. The van der Waals surface area contributed by atoms with Crippen LogP contribution < -0.4 is 10.9 Å². The summed E-state index contributed by atoms with van der Waals surface area (Å²) in [6.07, 6.45) is 0. The summed E-state index contributed by atoms with van der Waals surface area (Å²) in [5, 5.41) is 4.08. The van der Waals surface area contributed by atoms with E-state index < -0.39 is 0 Å². The Morgan fingerprint density at radius 2 is 1.82 bits per heavy atom. The van der Waals surface area contributed by atoms with Crippen molar-refractivity contribution >= 4 is 28.6 Å². The highest BCUT2D eigenvalue weighted by molar-refractivity contribution is 7.98. The monoisotopic (exact) mass is 473 g/mol. The number of fused-ring (bicyclic) bond motifs is 1. The normalized spacial score (nSPS) is 11.0. The van der Waals surface area contributed by atoms with Crippen molar-refractivity contribution in [3.63, 3.8) is 0 Å². The molecule has 1 amide bonds. The van der Waals surface area contributed by atoms with Gasteiger partial charge in [-0.1, -0.05) is 65.9 Å². The number of hydrogen-bond donors (Lipinski definition) is 1. The van der Waals surface area contributed by atoms with E-state index in [9.17, 15) is 9.59 Å². The number of benzene rings is 3. The predicted molar refractivity (Wildman–Crippen MR) is 136 cm³/mol. The second-order valence-corrected chi connectivity index (χ2v) is 8.97. The van der Waals surface area contributed by atoms with E-state index in [1.54, 1.807) is 35.6 Å². The molecule has 0 saturated heterocycles. The number of ether oxygens (including phenoxy) is 1. The summed E-state index contributed by atoms with van der Waals surface area (Å²) in [6.45, 7) is 3.36. The zero-order chi connectivity index (χ0) is 23.9. The van der Waals surface area contributed by atoms with E-state index in [0.29, 0.717) is 47.1 Å². The third-order valence-corrected chi connectivity index (χ3v) is 6.47. The highest BCUT2D eigenvalue weighted by Crippen LogP contribution is 2.23. The van der Waals surface area contributed by atoms with E-state index in [1.807, 2.05) is 42.5 Å². The number of amides is 1. The Morgan fingerprint density at radius 3 is 2.59 bits per heavy atom. The molecule has 0 saturated carbocycles. The zero-order valence-corrected chi connectivity index (χ0v) is 20.1. The molecule has 4 aromatic rings. The number of thioether (sulfide) groups is 1. The van der Waals surface area contributed by atoms with Crippen LogP contribution in [0.15, 0.2) is 82.7 Å². The molecule has 0 radical (unpaired) electrons. The summed E-state index contributed by atoms with van der Waals surface area (Å²) in [4.78, 5) is 30.4. The van der Waals surface area contributed by atoms with E-state index in [4.69, 9.17) is 9.72 Å². The Morgan fingerprint density at radius 1 is 1.03 bits per heavy atom. The van der Waals surface area contributed by atoms with Crippen LogP contribution in [0.2, 0.25) is 0 Å². The lowest BCUT2D eigenvalue weighted by atomic mass is 10.1. The Balaban J connectivity index is 1.60. The van der Waals surface area contributed by atoms with Crippen molar-refractivity contribution < 1.29 is 9.53 Å². The Kier molecular flexibility index (Phi) is 7.77. The SMILES string of the molecule is COCCNC(=O)c1ccc(Cn2c(SCc3cccc(C)c3)nc3ccccc3c2=O)cc1. The molecular formula is C27H27N3O3S. The fourth-order valence-corrected chi connectivity index (χ4v) is 4.60. The van der Waals surface area contributed by atoms with E-state index in [1.165, 1.54) is 11.1 Å². The van der Waals surface area contributed by atoms with Crippen molar-refractivity contribution in [3.05, 3.63) is 105 Å². The van der Waals surface area contributed by atoms with Crippen LogP contribution in [0.5, 0.6) is 0 Å². The van der Waals surface area contributed by atoms with Crippen LogP contribution in [-0.2, 0) is 17.0 Å². The van der Waals surface area contributed by atoms with Gasteiger partial charge in [-0.2, -0.15) is 0 Å². The van der Waals surface area contributed by atoms with Gasteiger partial charge in [0.2, 0.25) is 0 Å². The number of methoxy groups -OCH3 is 1. The van der Waals surface area contributed by atoms with Crippen molar-refractivity contribution in [2.75, 3.05) is 20.3 Å². The van der Waals surface area contributed by atoms with Gasteiger partial charge in [0.05, 0.1) is 24.1 Å². The van der Waals surface area contributed by atoms with Gasteiger partial charge in [0.1, 0.15) is 0 Å². The quantitative estimate of drug-likeness (QED) is 0.221. The molecule has 0 unspecified atom stereocenters. The summed E-state index contributed by atoms with van der Waals surface area (Å²) >= 11 is 1.55. The predicted octanol–water partition coefficient (Wildman–Crippen LogP) is 4.42. The Labute approximate surface area is 203 Å². The average molecular weight is 474 g/mol. The van der Waals surface area contributed by atoms with Crippen LogP contribution in [0.3, 0.4) is 0 Å². The van der Waals surface area contributed by atoms with Crippen molar-refractivity contribution in [1.82, 2.24) is 14.9 Å². The first kappa shape index (κ1) is 23.7. The number of carbonyl (C=O) groups is 1. The van der Waals surface area contributed by atoms with Gasteiger partial charge in [-0.3, -0.25) is 14.2 Å². The average Bonchev–Trinajstić information content (AvgIpc) is 2.85. The molecule has 1 aromatic heterocycles. The second-order valence-electron chi connectivity index (χ2n) is 8.03. The number of aromatic nitrogens is 2. The smallest absolute Gasteiger partial charge is 0.262 e. The summed E-state index contributed by atoms with van der Waals surface area (Å²) < 4.78 is 6.68. The lowest BCUT2D eigenvalue weighted by Gasteiger charge is -2.14. The Bertz CT molecular complexity index is 1350. The number of para-hydroxylation sites is 1. The summed E-state index contributed by atoms with van der Waals surface area (Å²) in [5.74, 6) is 0.565. The highest BCUT2D eigenvalue weighted by Gasteiger charge is 2.13. The largest absolute Gasteiger partial charge is 0.383 e. The number of rotatable bonds is 9. The molecule has 0 atom stereocenters. The molecule has 0 fully saturated rings. The number of hydrogen-bond acceptors (Lipinski definition) is 5. The van der Waals surface area contributed by atoms with Gasteiger partial charge in [-0.15, -0.1) is 0 Å². The highest BCUT2D eigenvalue weighted by atomic mass is 32.2. The second kappa shape index (κ2) is 11.1. The number of nitrogens with zero attached hydrogens (tertiary/aromatic N) is 2. The van der Waals surface area contributed by atoms with Crippen LogP contribution in [0.25, 0.3) is 10.9 Å². The first-order chi connectivity index (χ1) is 16.5. The van der Waals surface area contributed by atoms with Crippen molar-refractivity contribution in [2.45, 2.75) is 24.4 Å². The van der Waals surface area contributed by atoms with Crippen molar-refractivity contribution in [3.8, 4) is 0 Å². The van der Waals surface area contributed by atoms with Crippen LogP contribution in [0, 0.1) is 6.92 Å². The van der Waals surface area contributed by atoms with Crippen LogP contribution in [-0.4, -0.2) is 35.7 Å². The molecule has 0 aliphatic heterocycles. The lowest BCUT2D eigenvalue weighted by molar-refractivity contribution is 0.0937. The maximum absolute atomic E-state index is 13.4. The van der Waals surface area contributed by atoms with Crippen LogP contribution >= 0.6 is 11.8 Å². The standard InChI is InChI=1S/C27H27N3O3S/c1-19-6-5-7-21(16-19)18-34-27-29-24-9-4-3-8-23(24)26(32)30(27)17-20-10-12-22(13-11-20)25(31)28-14-15-33-2/h3-13,16H,14-15,17-18H2,1-2H3,(H,28,31). The van der Waals surface area contributed by atoms with Crippen molar-refractivity contribution in [2.24, 2.45) is 0 Å². The summed E-state index contributed by atoms with van der Waals surface area (Å²) in [7, 11) is 1.60. The first-order valence-electron chi connectivity index (χ1n) is 11.1. The van der Waals surface area contributed by atoms with Gasteiger partial charge in [0.15, 0.2) is 5.16 Å². The molecule has 1 N–H and O–H groups in total. The third kappa shape index (κ3) is 5.73. The maximum Gasteiger partial charge on any atom is 0.262 e. The molecule has 34 heavy (non-hydrogen) atoms. The minimum absolute atomic E-state index is 0.0706. The van der Waals surface area contributed by atoms with Gasteiger partial charge in [0, 0.05) is 25.0 Å². The van der Waals surface area contributed by atoms with E-state index in [2.05, 4.69) is 30.4 Å². The molecule has 3 aromatic carbocycles. The Hall–Kier alpha value is -3.42. The van der Waals surface area contributed by atoms with E-state index in [-0.39, 0.29) is 11.5 Å². The molecular weight excluding hydrogens is 446 g/mol. The van der Waals surface area contributed by atoms with Crippen LogP contribution in [0.1, 0.15) is 27.0 Å². The molecule has 6 nitrogen and oxygen atoms in total. The van der Waals surface area contributed by atoms with Gasteiger partial charge >= 0.3 is 0 Å². The van der Waals surface area contributed by atoms with E-state index in [0.717, 1.165) is 5.56 Å². The minimum Gasteiger partial charge on any atom is -0.383 e. The fraction of sp³-hybridized carbons (Fsp3) is 0.222. The molecule has 0 spiro atoms. The third-order valence-electron chi connectivity index (χ3n) is 5.43. The number of nitrogens with one attached hydrogen (secondary N) is 1. The molecule has 1 heterocycles. The van der Waals surface area contributed by atoms with Crippen molar-refractivity contribution in [1.29, 1.82) is 0 Å².